The van der Waals surface area contributed by atoms with Crippen LogP contribution in [0.15, 0.2) is 12.7 Å². The summed E-state index contributed by atoms with van der Waals surface area (Å²) < 4.78 is 185. The van der Waals surface area contributed by atoms with Gasteiger partial charge in [-0.3, -0.25) is 0 Å². The summed E-state index contributed by atoms with van der Waals surface area (Å²) in [7, 11) is 1.03. The van der Waals surface area contributed by atoms with Gasteiger partial charge in [0.15, 0.2) is 0 Å². The molecule has 4 aliphatic rings. The number of halogens is 12. The number of ether oxygens (including phenoxy) is 4. The van der Waals surface area contributed by atoms with Gasteiger partial charge >= 0.3 is 36.3 Å². The number of aliphatic hydroxyl groups is 1. The minimum absolute atomic E-state index is 0.00356. The smallest absolute Gasteiger partial charge is 0.382 e. The molecule has 4 saturated carbocycles. The van der Waals surface area contributed by atoms with E-state index < -0.39 is 89.3 Å². The van der Waals surface area contributed by atoms with Crippen molar-refractivity contribution in [1.82, 2.24) is 0 Å². The summed E-state index contributed by atoms with van der Waals surface area (Å²) in [6.07, 6.45) is -23.5. The monoisotopic (exact) mass is 668 g/mol. The maximum absolute atomic E-state index is 14.3. The van der Waals surface area contributed by atoms with Crippen molar-refractivity contribution in [2.24, 2.45) is 28.6 Å². The van der Waals surface area contributed by atoms with Gasteiger partial charge in [0, 0.05) is 12.5 Å². The second-order valence-corrected chi connectivity index (χ2v) is 13.3. The van der Waals surface area contributed by atoms with Crippen LogP contribution in [0.4, 0.5) is 52.7 Å². The van der Waals surface area contributed by atoms with Gasteiger partial charge in [-0.05, 0) is 83.0 Å². The Morgan fingerprint density at radius 1 is 0.727 bits per heavy atom. The van der Waals surface area contributed by atoms with Gasteiger partial charge in [0.2, 0.25) is 0 Å². The Hall–Kier alpha value is -1.30. The third kappa shape index (κ3) is 5.85. The Morgan fingerprint density at radius 2 is 1.18 bits per heavy atom. The van der Waals surface area contributed by atoms with Gasteiger partial charge in [-0.2, -0.15) is 52.7 Å². The molecule has 0 radical (unpaired) electrons. The van der Waals surface area contributed by atoms with Crippen LogP contribution in [-0.4, -0.2) is 72.9 Å². The molecule has 44 heavy (non-hydrogen) atoms. The Bertz CT molecular complexity index is 1020. The predicted molar refractivity (Wildman–Crippen MR) is 129 cm³/mol. The molecule has 0 spiro atoms. The molecule has 258 valence electrons. The van der Waals surface area contributed by atoms with Crippen LogP contribution >= 0.6 is 0 Å². The molecule has 0 aromatic carbocycles. The summed E-state index contributed by atoms with van der Waals surface area (Å²) in [5.74, 6) is -13.4. The van der Waals surface area contributed by atoms with Crippen LogP contribution in [0.25, 0.3) is 0 Å². The van der Waals surface area contributed by atoms with Crippen molar-refractivity contribution in [3.05, 3.63) is 12.7 Å². The quantitative estimate of drug-likeness (QED) is 0.105. The van der Waals surface area contributed by atoms with Gasteiger partial charge in [0.25, 0.3) is 0 Å². The zero-order valence-corrected chi connectivity index (χ0v) is 24.6. The van der Waals surface area contributed by atoms with Crippen molar-refractivity contribution in [3.8, 4) is 0 Å². The number of allylic oxidation sites excluding steroid dienone is 1. The summed E-state index contributed by atoms with van der Waals surface area (Å²) in [6, 6.07) is 0. The van der Waals surface area contributed by atoms with Crippen molar-refractivity contribution in [3.63, 3.8) is 0 Å². The van der Waals surface area contributed by atoms with Crippen LogP contribution in [0, 0.1) is 28.6 Å². The lowest BCUT2D eigenvalue weighted by atomic mass is 9.37. The Kier molecular flexibility index (Phi) is 9.18. The van der Waals surface area contributed by atoms with E-state index >= 15 is 0 Å². The highest BCUT2D eigenvalue weighted by molar-refractivity contribution is 5.20. The van der Waals surface area contributed by atoms with E-state index in [1.54, 1.807) is 0 Å². The summed E-state index contributed by atoms with van der Waals surface area (Å²) in [4.78, 5) is 0. The molecule has 0 aromatic heterocycles. The van der Waals surface area contributed by atoms with E-state index in [0.29, 0.717) is 0 Å². The molecular formula is C27H36F12O5. The molecule has 4 bridgehead atoms. The van der Waals surface area contributed by atoms with Crippen LogP contribution in [0.2, 0.25) is 0 Å². The first-order chi connectivity index (χ1) is 19.5. The van der Waals surface area contributed by atoms with Crippen LogP contribution in [0.3, 0.4) is 0 Å². The van der Waals surface area contributed by atoms with Crippen molar-refractivity contribution in [2.75, 3.05) is 20.3 Å². The Labute approximate surface area is 246 Å². The summed E-state index contributed by atoms with van der Waals surface area (Å²) >= 11 is 0. The topological polar surface area (TPSA) is 57.2 Å². The lowest BCUT2D eigenvalue weighted by Gasteiger charge is -2.70. The maximum Gasteiger partial charge on any atom is 0.453 e. The average Bonchev–Trinajstić information content (AvgIpc) is 2.79. The fourth-order valence-electron chi connectivity index (χ4n) is 8.22. The molecule has 2 unspecified atom stereocenters. The summed E-state index contributed by atoms with van der Waals surface area (Å²) in [5.41, 5.74) is -6.96. The second-order valence-electron chi connectivity index (χ2n) is 13.3. The van der Waals surface area contributed by atoms with Gasteiger partial charge in [-0.25, -0.2) is 0 Å². The fourth-order valence-corrected chi connectivity index (χ4v) is 8.22. The Morgan fingerprint density at radius 3 is 1.55 bits per heavy atom. The minimum atomic E-state index is -6.28. The average molecular weight is 669 g/mol. The summed E-state index contributed by atoms with van der Waals surface area (Å²) in [6.45, 7) is 5.95. The number of hydrogen-bond donors (Lipinski definition) is 1. The first-order valence-corrected chi connectivity index (χ1v) is 13.7. The number of methoxy groups -OCH3 is 1. The largest absolute Gasteiger partial charge is 0.453 e. The molecule has 4 aliphatic carbocycles. The zero-order valence-electron chi connectivity index (χ0n) is 24.6. The van der Waals surface area contributed by atoms with Crippen molar-refractivity contribution < 1.29 is 76.7 Å². The van der Waals surface area contributed by atoms with Crippen molar-refractivity contribution in [1.29, 1.82) is 0 Å². The van der Waals surface area contributed by atoms with Gasteiger partial charge in [0.1, 0.15) is 0 Å². The van der Waals surface area contributed by atoms with Crippen molar-refractivity contribution >= 4 is 0 Å². The lowest BCUT2D eigenvalue weighted by Crippen LogP contribution is -2.71. The molecule has 4 rings (SSSR count). The standard InChI is InChI=1S/C27H36F12O5/c1-7-20-10-15-12-21(14-20,19(4,5)44-23(26(34,35)36,27(37,38)39)42-9-8-41-6)13-16(11-20)17(15)18(2,3)43-22(40,24(28,29)30)25(31,32)33/h7,15-17,40H,1,8-14H2,2-6H3. The third-order valence-electron chi connectivity index (χ3n) is 9.78. The molecule has 5 nitrogen and oxygen atoms in total. The molecule has 0 amide bonds. The van der Waals surface area contributed by atoms with E-state index in [2.05, 4.69) is 20.8 Å². The Balaban J connectivity index is 2.07. The van der Waals surface area contributed by atoms with Gasteiger partial charge in [0.05, 0.1) is 24.4 Å². The van der Waals surface area contributed by atoms with Crippen LogP contribution in [0.1, 0.15) is 59.8 Å². The molecule has 0 aromatic rings. The van der Waals surface area contributed by atoms with E-state index in [0.717, 1.165) is 34.8 Å². The number of alkyl halides is 12. The molecule has 17 heteroatoms. The minimum Gasteiger partial charge on any atom is -0.382 e. The first kappa shape index (κ1) is 37.2. The summed E-state index contributed by atoms with van der Waals surface area (Å²) in [5, 5.41) is 9.78. The highest BCUT2D eigenvalue weighted by atomic mass is 19.4. The van der Waals surface area contributed by atoms with Gasteiger partial charge in [-0.15, -0.1) is 6.58 Å². The number of rotatable bonds is 11. The van der Waals surface area contributed by atoms with E-state index in [4.69, 9.17) is 4.74 Å². The maximum atomic E-state index is 14.3. The first-order valence-electron chi connectivity index (χ1n) is 13.7. The fraction of sp³-hybridized carbons (Fsp3) is 0.926. The highest BCUT2D eigenvalue weighted by Crippen LogP contribution is 2.73. The third-order valence-corrected chi connectivity index (χ3v) is 9.78. The lowest BCUT2D eigenvalue weighted by molar-refractivity contribution is -0.496. The molecule has 2 atom stereocenters. The van der Waals surface area contributed by atoms with Crippen LogP contribution < -0.4 is 0 Å². The van der Waals surface area contributed by atoms with Gasteiger partial charge < -0.3 is 24.1 Å². The molecular weight excluding hydrogens is 632 g/mol. The molecule has 0 saturated heterocycles. The van der Waals surface area contributed by atoms with E-state index in [9.17, 15) is 57.8 Å². The van der Waals surface area contributed by atoms with E-state index in [1.165, 1.54) is 6.08 Å². The SMILES string of the molecule is C=CC12CC3CC(C(C)(C)OC(OCCOC)(C(F)(F)F)C(F)(F)F)(CC(C1)C3C(C)(C)OC(O)(C(F)(F)F)C(F)(F)F)C2. The van der Waals surface area contributed by atoms with Crippen molar-refractivity contribution in [2.45, 2.75) is 107 Å². The normalized spacial score (nSPS) is 30.6. The van der Waals surface area contributed by atoms with E-state index in [1.807, 2.05) is 0 Å². The number of hydrogen-bond acceptors (Lipinski definition) is 5. The predicted octanol–water partition coefficient (Wildman–Crippen LogP) is 7.87. The second kappa shape index (κ2) is 10.9. The van der Waals surface area contributed by atoms with Gasteiger partial charge in [-0.1, -0.05) is 6.08 Å². The molecule has 0 aliphatic heterocycles. The molecule has 0 heterocycles. The molecule has 4 fully saturated rings. The highest BCUT2D eigenvalue weighted by Gasteiger charge is 2.79. The van der Waals surface area contributed by atoms with Crippen LogP contribution in [-0.2, 0) is 18.9 Å². The molecule has 1 N–H and O–H groups in total. The zero-order chi connectivity index (χ0) is 34.2. The van der Waals surface area contributed by atoms with E-state index in [-0.39, 0.29) is 32.1 Å². The van der Waals surface area contributed by atoms with Crippen LogP contribution in [0.5, 0.6) is 0 Å².